The Morgan fingerprint density at radius 2 is 1.50 bits per heavy atom. The quantitative estimate of drug-likeness (QED) is 0.785. The molecule has 0 aliphatic heterocycles. The van der Waals surface area contributed by atoms with Gasteiger partial charge in [0.1, 0.15) is 6.10 Å². The molecule has 0 saturated heterocycles. The van der Waals surface area contributed by atoms with Crippen LogP contribution in [0.15, 0.2) is 48.5 Å². The maximum atomic E-state index is 12.0. The van der Waals surface area contributed by atoms with Gasteiger partial charge in [-0.1, -0.05) is 23.8 Å². The van der Waals surface area contributed by atoms with Crippen molar-refractivity contribution < 1.29 is 14.3 Å². The first-order chi connectivity index (χ1) is 11.5. The Hall–Kier alpha value is -2.86. The maximum Gasteiger partial charge on any atom is 0.323 e. The van der Waals surface area contributed by atoms with E-state index >= 15 is 0 Å². The highest BCUT2D eigenvalue weighted by atomic mass is 16.5. The molecule has 0 aromatic heterocycles. The summed E-state index contributed by atoms with van der Waals surface area (Å²) in [5.74, 6) is -0.251. The molecule has 0 heterocycles. The van der Waals surface area contributed by atoms with E-state index in [0.29, 0.717) is 17.1 Å². The Morgan fingerprint density at radius 1 is 0.917 bits per heavy atom. The molecule has 6 nitrogen and oxygen atoms in total. The molecular weight excluding hydrogens is 306 g/mol. The zero-order valence-corrected chi connectivity index (χ0v) is 13.9. The fourth-order valence-corrected chi connectivity index (χ4v) is 1.96. The lowest BCUT2D eigenvalue weighted by molar-refractivity contribution is -0.124. The number of ether oxygens (including phenoxy) is 1. The number of carbonyl (C=O) groups excluding carboxylic acids is 2. The van der Waals surface area contributed by atoms with Gasteiger partial charge in [-0.05, 0) is 44.2 Å². The van der Waals surface area contributed by atoms with Crippen LogP contribution in [0.25, 0.3) is 0 Å². The zero-order valence-electron chi connectivity index (χ0n) is 13.9. The number of urea groups is 1. The predicted octanol–water partition coefficient (Wildman–Crippen LogP) is 3.61. The molecule has 0 saturated carbocycles. The minimum Gasteiger partial charge on any atom is -0.372 e. The lowest BCUT2D eigenvalue weighted by Crippen LogP contribution is -2.26. The van der Waals surface area contributed by atoms with Crippen molar-refractivity contribution >= 4 is 29.0 Å². The fraction of sp³-hybridized carbons (Fsp3) is 0.222. The van der Waals surface area contributed by atoms with E-state index in [2.05, 4.69) is 16.0 Å². The topological polar surface area (TPSA) is 79.5 Å². The number of nitrogens with one attached hydrogen (secondary N) is 3. The second-order valence-electron chi connectivity index (χ2n) is 5.39. The van der Waals surface area contributed by atoms with Crippen LogP contribution in [0.3, 0.4) is 0 Å². The first kappa shape index (κ1) is 17.5. The molecule has 1 unspecified atom stereocenters. The van der Waals surface area contributed by atoms with Crippen LogP contribution in [-0.4, -0.2) is 25.2 Å². The van der Waals surface area contributed by atoms with Gasteiger partial charge in [-0.15, -0.1) is 0 Å². The van der Waals surface area contributed by atoms with Gasteiger partial charge in [0.05, 0.1) is 0 Å². The summed E-state index contributed by atoms with van der Waals surface area (Å²) in [6.45, 7) is 3.64. The van der Waals surface area contributed by atoms with Crippen LogP contribution in [0.4, 0.5) is 21.9 Å². The first-order valence-electron chi connectivity index (χ1n) is 7.56. The summed E-state index contributed by atoms with van der Waals surface area (Å²) in [5, 5.41) is 8.20. The van der Waals surface area contributed by atoms with E-state index in [4.69, 9.17) is 4.74 Å². The largest absolute Gasteiger partial charge is 0.372 e. The van der Waals surface area contributed by atoms with Crippen molar-refractivity contribution in [1.82, 2.24) is 0 Å². The van der Waals surface area contributed by atoms with Crippen LogP contribution < -0.4 is 16.0 Å². The average molecular weight is 327 g/mol. The van der Waals surface area contributed by atoms with E-state index in [1.54, 1.807) is 31.2 Å². The lowest BCUT2D eigenvalue weighted by Gasteiger charge is -2.12. The summed E-state index contributed by atoms with van der Waals surface area (Å²) in [4.78, 5) is 23.8. The lowest BCUT2D eigenvalue weighted by atomic mass is 10.2. The number of aryl methyl sites for hydroxylation is 1. The molecule has 24 heavy (non-hydrogen) atoms. The van der Waals surface area contributed by atoms with E-state index in [-0.39, 0.29) is 11.9 Å². The van der Waals surface area contributed by atoms with Gasteiger partial charge in [-0.3, -0.25) is 4.79 Å². The summed E-state index contributed by atoms with van der Waals surface area (Å²) < 4.78 is 4.96. The second-order valence-corrected chi connectivity index (χ2v) is 5.39. The number of anilines is 3. The average Bonchev–Trinajstić information content (AvgIpc) is 2.56. The minimum atomic E-state index is -0.550. The third-order valence-electron chi connectivity index (χ3n) is 3.42. The van der Waals surface area contributed by atoms with Crippen molar-refractivity contribution in [2.24, 2.45) is 0 Å². The highest BCUT2D eigenvalue weighted by Gasteiger charge is 2.12. The van der Waals surface area contributed by atoms with E-state index in [9.17, 15) is 9.59 Å². The molecule has 0 spiro atoms. The number of amides is 3. The number of methoxy groups -OCH3 is 1. The molecular formula is C18H21N3O3. The monoisotopic (exact) mass is 327 g/mol. The van der Waals surface area contributed by atoms with Crippen molar-refractivity contribution in [3.05, 3.63) is 54.1 Å². The molecule has 3 amide bonds. The van der Waals surface area contributed by atoms with Crippen molar-refractivity contribution in [2.75, 3.05) is 23.1 Å². The predicted molar refractivity (Wildman–Crippen MR) is 95.4 cm³/mol. The molecule has 0 radical (unpaired) electrons. The first-order valence-corrected chi connectivity index (χ1v) is 7.56. The van der Waals surface area contributed by atoms with Crippen molar-refractivity contribution in [2.45, 2.75) is 20.0 Å². The normalized spacial score (nSPS) is 11.5. The summed E-state index contributed by atoms with van der Waals surface area (Å²) in [7, 11) is 1.47. The van der Waals surface area contributed by atoms with Crippen LogP contribution in [0, 0.1) is 6.92 Å². The molecule has 0 aliphatic rings. The molecule has 0 fully saturated rings. The molecule has 126 valence electrons. The zero-order chi connectivity index (χ0) is 17.5. The standard InChI is InChI=1S/C18H21N3O3/c1-12-7-9-14(10-8-12)20-18(23)21-16-6-4-5-15(11-16)19-17(22)13(2)24-3/h4-11,13H,1-3H3,(H,19,22)(H2,20,21,23). The highest BCUT2D eigenvalue weighted by molar-refractivity contribution is 6.00. The van der Waals surface area contributed by atoms with Crippen LogP contribution in [0.1, 0.15) is 12.5 Å². The smallest absolute Gasteiger partial charge is 0.323 e. The molecule has 0 aliphatic carbocycles. The van der Waals surface area contributed by atoms with Gasteiger partial charge in [-0.25, -0.2) is 4.79 Å². The minimum absolute atomic E-state index is 0.251. The third-order valence-corrected chi connectivity index (χ3v) is 3.42. The molecule has 6 heteroatoms. The van der Waals surface area contributed by atoms with Gasteiger partial charge in [0.25, 0.3) is 5.91 Å². The van der Waals surface area contributed by atoms with Crippen LogP contribution in [0.5, 0.6) is 0 Å². The Bertz CT molecular complexity index is 714. The van der Waals surface area contributed by atoms with Gasteiger partial charge in [0.2, 0.25) is 0 Å². The highest BCUT2D eigenvalue weighted by Crippen LogP contribution is 2.16. The molecule has 2 rings (SSSR count). The summed E-state index contributed by atoms with van der Waals surface area (Å²) in [6.07, 6.45) is -0.550. The Balaban J connectivity index is 1.97. The van der Waals surface area contributed by atoms with Gasteiger partial charge in [-0.2, -0.15) is 0 Å². The van der Waals surface area contributed by atoms with Crippen LogP contribution in [-0.2, 0) is 9.53 Å². The SMILES string of the molecule is COC(C)C(=O)Nc1cccc(NC(=O)Nc2ccc(C)cc2)c1. The Kier molecular flexibility index (Phi) is 5.92. The van der Waals surface area contributed by atoms with Crippen LogP contribution in [0.2, 0.25) is 0 Å². The summed E-state index contributed by atoms with van der Waals surface area (Å²) in [6, 6.07) is 14.0. The molecule has 0 bridgehead atoms. The van der Waals surface area contributed by atoms with Crippen molar-refractivity contribution in [3.8, 4) is 0 Å². The number of hydrogen-bond acceptors (Lipinski definition) is 3. The second kappa shape index (κ2) is 8.12. The van der Waals surface area contributed by atoms with E-state index in [1.165, 1.54) is 7.11 Å². The Morgan fingerprint density at radius 3 is 2.12 bits per heavy atom. The van der Waals surface area contributed by atoms with E-state index in [0.717, 1.165) is 5.56 Å². The van der Waals surface area contributed by atoms with Gasteiger partial charge < -0.3 is 20.7 Å². The molecule has 2 aromatic rings. The number of rotatable bonds is 5. The maximum absolute atomic E-state index is 12.0. The number of benzene rings is 2. The Labute approximate surface area is 141 Å². The number of carbonyl (C=O) groups is 2. The molecule has 1 atom stereocenters. The van der Waals surface area contributed by atoms with Gasteiger partial charge in [0, 0.05) is 24.2 Å². The van der Waals surface area contributed by atoms with Gasteiger partial charge in [0.15, 0.2) is 0 Å². The van der Waals surface area contributed by atoms with Crippen LogP contribution >= 0.6 is 0 Å². The van der Waals surface area contributed by atoms with E-state index < -0.39 is 6.10 Å². The van der Waals surface area contributed by atoms with E-state index in [1.807, 2.05) is 31.2 Å². The third kappa shape index (κ3) is 5.10. The fourth-order valence-electron chi connectivity index (χ4n) is 1.96. The number of hydrogen-bond donors (Lipinski definition) is 3. The summed E-state index contributed by atoms with van der Waals surface area (Å²) >= 11 is 0. The molecule has 3 N–H and O–H groups in total. The molecule has 2 aromatic carbocycles. The van der Waals surface area contributed by atoms with Crippen molar-refractivity contribution in [3.63, 3.8) is 0 Å². The summed E-state index contributed by atoms with van der Waals surface area (Å²) in [5.41, 5.74) is 2.98. The van der Waals surface area contributed by atoms with Gasteiger partial charge >= 0.3 is 6.03 Å². The van der Waals surface area contributed by atoms with Crippen molar-refractivity contribution in [1.29, 1.82) is 0 Å².